The van der Waals surface area contributed by atoms with E-state index in [4.69, 9.17) is 4.74 Å². The summed E-state index contributed by atoms with van der Waals surface area (Å²) >= 11 is 0. The lowest BCUT2D eigenvalue weighted by Crippen LogP contribution is -2.53. The SMILES string of the molecule is CC[C@H](C(=O)NC(C)C)N(Cc1ccc(OC)cc1)C(=O)CN(c1c(C)cccc1C)S(C)(=O)=O. The first kappa shape index (κ1) is 28.2. The van der Waals surface area contributed by atoms with Crippen molar-refractivity contribution in [1.29, 1.82) is 0 Å². The first-order chi connectivity index (χ1) is 16.4. The van der Waals surface area contributed by atoms with Gasteiger partial charge in [0.15, 0.2) is 0 Å². The number of methoxy groups -OCH3 is 1. The molecule has 0 spiro atoms. The van der Waals surface area contributed by atoms with Crippen LogP contribution in [-0.2, 0) is 26.2 Å². The van der Waals surface area contributed by atoms with Gasteiger partial charge in [0.2, 0.25) is 21.8 Å². The van der Waals surface area contributed by atoms with Crippen LogP contribution in [0.1, 0.15) is 43.9 Å². The van der Waals surface area contributed by atoms with Gasteiger partial charge in [-0.05, 0) is 62.9 Å². The Hall–Kier alpha value is -3.07. The van der Waals surface area contributed by atoms with Crippen molar-refractivity contribution < 1.29 is 22.7 Å². The van der Waals surface area contributed by atoms with Crippen molar-refractivity contribution in [3.63, 3.8) is 0 Å². The number of carbonyl (C=O) groups excluding carboxylic acids is 2. The van der Waals surface area contributed by atoms with E-state index in [9.17, 15) is 18.0 Å². The summed E-state index contributed by atoms with van der Waals surface area (Å²) in [5.74, 6) is -0.0588. The summed E-state index contributed by atoms with van der Waals surface area (Å²) in [5, 5.41) is 2.88. The minimum Gasteiger partial charge on any atom is -0.497 e. The summed E-state index contributed by atoms with van der Waals surface area (Å²) in [6, 6.07) is 11.8. The molecule has 2 amide bonds. The number of aryl methyl sites for hydroxylation is 2. The molecule has 35 heavy (non-hydrogen) atoms. The smallest absolute Gasteiger partial charge is 0.244 e. The van der Waals surface area contributed by atoms with Gasteiger partial charge in [0.25, 0.3) is 0 Å². The maximum atomic E-state index is 13.7. The monoisotopic (exact) mass is 503 g/mol. The molecule has 0 fully saturated rings. The van der Waals surface area contributed by atoms with Crippen molar-refractivity contribution in [3.05, 3.63) is 59.2 Å². The summed E-state index contributed by atoms with van der Waals surface area (Å²) < 4.78 is 32.0. The highest BCUT2D eigenvalue weighted by Crippen LogP contribution is 2.27. The van der Waals surface area contributed by atoms with E-state index >= 15 is 0 Å². The predicted octanol–water partition coefficient (Wildman–Crippen LogP) is 3.41. The Kier molecular flexibility index (Phi) is 9.71. The third-order valence-electron chi connectivity index (χ3n) is 5.70. The molecule has 0 radical (unpaired) electrons. The van der Waals surface area contributed by atoms with Crippen LogP contribution in [0.4, 0.5) is 5.69 Å². The van der Waals surface area contributed by atoms with Gasteiger partial charge in [-0.1, -0.05) is 37.3 Å². The Morgan fingerprint density at radius 3 is 2.06 bits per heavy atom. The molecular formula is C26H37N3O5S. The van der Waals surface area contributed by atoms with E-state index in [-0.39, 0.29) is 18.5 Å². The second-order valence-corrected chi connectivity index (χ2v) is 10.9. The quantitative estimate of drug-likeness (QED) is 0.507. The number of benzene rings is 2. The Balaban J connectivity index is 2.49. The minimum atomic E-state index is -3.78. The average molecular weight is 504 g/mol. The maximum absolute atomic E-state index is 13.7. The fourth-order valence-corrected chi connectivity index (χ4v) is 4.97. The summed E-state index contributed by atoms with van der Waals surface area (Å²) in [6.07, 6.45) is 1.46. The van der Waals surface area contributed by atoms with Gasteiger partial charge in [-0.15, -0.1) is 0 Å². The fraction of sp³-hybridized carbons (Fsp3) is 0.462. The van der Waals surface area contributed by atoms with Crippen LogP contribution in [0.25, 0.3) is 0 Å². The molecule has 9 heteroatoms. The van der Waals surface area contributed by atoms with Crippen molar-refractivity contribution in [2.24, 2.45) is 0 Å². The number of sulfonamides is 1. The first-order valence-electron chi connectivity index (χ1n) is 11.7. The van der Waals surface area contributed by atoms with Gasteiger partial charge in [0.1, 0.15) is 18.3 Å². The van der Waals surface area contributed by atoms with Crippen LogP contribution >= 0.6 is 0 Å². The fourth-order valence-electron chi connectivity index (χ4n) is 4.00. The number of hydrogen-bond donors (Lipinski definition) is 1. The van der Waals surface area contributed by atoms with Crippen molar-refractivity contribution in [1.82, 2.24) is 10.2 Å². The molecule has 0 aliphatic heterocycles. The molecule has 0 saturated carbocycles. The Bertz CT molecular complexity index is 1110. The van der Waals surface area contributed by atoms with E-state index < -0.39 is 28.5 Å². The molecule has 8 nitrogen and oxygen atoms in total. The largest absolute Gasteiger partial charge is 0.497 e. The highest BCUT2D eigenvalue weighted by molar-refractivity contribution is 7.92. The summed E-state index contributed by atoms with van der Waals surface area (Å²) in [4.78, 5) is 28.2. The van der Waals surface area contributed by atoms with Crippen molar-refractivity contribution >= 4 is 27.5 Å². The lowest BCUT2D eigenvalue weighted by molar-refractivity contribution is -0.140. The molecule has 1 atom stereocenters. The van der Waals surface area contributed by atoms with Crippen LogP contribution in [0, 0.1) is 13.8 Å². The molecule has 2 aromatic carbocycles. The van der Waals surface area contributed by atoms with Crippen LogP contribution in [0.2, 0.25) is 0 Å². The lowest BCUT2D eigenvalue weighted by atomic mass is 10.1. The van der Waals surface area contributed by atoms with E-state index in [2.05, 4.69) is 5.32 Å². The Labute approximate surface area is 209 Å². The summed E-state index contributed by atoms with van der Waals surface area (Å²) in [6.45, 7) is 8.90. The molecular weight excluding hydrogens is 466 g/mol. The van der Waals surface area contributed by atoms with E-state index in [0.29, 0.717) is 17.9 Å². The highest BCUT2D eigenvalue weighted by Gasteiger charge is 2.32. The zero-order valence-corrected chi connectivity index (χ0v) is 22.5. The zero-order valence-electron chi connectivity index (χ0n) is 21.7. The van der Waals surface area contributed by atoms with E-state index in [1.807, 2.05) is 65.0 Å². The number of amides is 2. The molecule has 2 aromatic rings. The topological polar surface area (TPSA) is 96.0 Å². The molecule has 0 saturated heterocycles. The van der Waals surface area contributed by atoms with Gasteiger partial charge in [-0.25, -0.2) is 8.42 Å². The number of carbonyl (C=O) groups is 2. The van der Waals surface area contributed by atoms with Crippen LogP contribution in [0.3, 0.4) is 0 Å². The van der Waals surface area contributed by atoms with Crippen LogP contribution in [0.5, 0.6) is 5.75 Å². The molecule has 192 valence electrons. The molecule has 0 unspecified atom stereocenters. The molecule has 0 aromatic heterocycles. The van der Waals surface area contributed by atoms with Crippen molar-refractivity contribution in [2.75, 3.05) is 24.2 Å². The van der Waals surface area contributed by atoms with E-state index in [1.54, 1.807) is 19.2 Å². The number of ether oxygens (including phenoxy) is 1. The van der Waals surface area contributed by atoms with Gasteiger partial charge in [0.05, 0.1) is 19.1 Å². The zero-order chi connectivity index (χ0) is 26.3. The maximum Gasteiger partial charge on any atom is 0.244 e. The van der Waals surface area contributed by atoms with E-state index in [0.717, 1.165) is 27.3 Å². The first-order valence-corrected chi connectivity index (χ1v) is 13.5. The summed E-state index contributed by atoms with van der Waals surface area (Å²) in [7, 11) is -2.21. The van der Waals surface area contributed by atoms with Crippen LogP contribution in [-0.4, -0.2) is 57.1 Å². The lowest BCUT2D eigenvalue weighted by Gasteiger charge is -2.34. The third-order valence-corrected chi connectivity index (χ3v) is 6.81. The third kappa shape index (κ3) is 7.45. The normalized spacial score (nSPS) is 12.2. The second-order valence-electron chi connectivity index (χ2n) is 8.97. The minimum absolute atomic E-state index is 0.100. The Morgan fingerprint density at radius 1 is 1.03 bits per heavy atom. The van der Waals surface area contributed by atoms with Gasteiger partial charge in [-0.3, -0.25) is 13.9 Å². The van der Waals surface area contributed by atoms with Gasteiger partial charge >= 0.3 is 0 Å². The predicted molar refractivity (Wildman–Crippen MR) is 139 cm³/mol. The van der Waals surface area contributed by atoms with Gasteiger partial charge < -0.3 is 15.0 Å². The molecule has 1 N–H and O–H groups in total. The highest BCUT2D eigenvalue weighted by atomic mass is 32.2. The van der Waals surface area contributed by atoms with Crippen molar-refractivity contribution in [3.8, 4) is 5.75 Å². The number of nitrogens with zero attached hydrogens (tertiary/aromatic N) is 2. The number of hydrogen-bond acceptors (Lipinski definition) is 5. The molecule has 0 bridgehead atoms. The van der Waals surface area contributed by atoms with Crippen molar-refractivity contribution in [2.45, 2.75) is 59.7 Å². The molecule has 0 aliphatic carbocycles. The molecule has 0 heterocycles. The molecule has 0 aliphatic rings. The number of anilines is 1. The van der Waals surface area contributed by atoms with Crippen LogP contribution < -0.4 is 14.4 Å². The van der Waals surface area contributed by atoms with Crippen LogP contribution in [0.15, 0.2) is 42.5 Å². The summed E-state index contributed by atoms with van der Waals surface area (Å²) in [5.41, 5.74) is 2.77. The standard InChI is InChI=1S/C26H37N3O5S/c1-8-23(26(31)27-18(2)3)28(16-21-12-14-22(34-6)15-13-21)24(30)17-29(35(7,32)33)25-19(4)10-9-11-20(25)5/h9-15,18,23H,8,16-17H2,1-7H3,(H,27,31)/t23-/m1/s1. The van der Waals surface area contributed by atoms with Gasteiger partial charge in [-0.2, -0.15) is 0 Å². The Morgan fingerprint density at radius 2 is 1.60 bits per heavy atom. The average Bonchev–Trinajstić information content (AvgIpc) is 2.77. The molecule has 2 rings (SSSR count). The van der Waals surface area contributed by atoms with E-state index in [1.165, 1.54) is 4.90 Å². The second kappa shape index (κ2) is 12.1. The number of rotatable bonds is 11. The number of para-hydroxylation sites is 1. The van der Waals surface area contributed by atoms with Gasteiger partial charge in [0, 0.05) is 12.6 Å². The number of nitrogens with one attached hydrogen (secondary N) is 1.